The van der Waals surface area contributed by atoms with Gasteiger partial charge in [0.15, 0.2) is 0 Å². The minimum atomic E-state index is 1.16. The maximum absolute atomic E-state index is 3.52. The molecule has 1 fully saturated rings. The van der Waals surface area contributed by atoms with E-state index in [1.807, 2.05) is 0 Å². The maximum atomic E-state index is 3.52. The van der Waals surface area contributed by atoms with Gasteiger partial charge in [-0.2, -0.15) is 0 Å². The molecule has 1 rings (SSSR count). The van der Waals surface area contributed by atoms with Crippen molar-refractivity contribution in [3.05, 3.63) is 0 Å². The summed E-state index contributed by atoms with van der Waals surface area (Å²) in [7, 11) is 2.21. The van der Waals surface area contributed by atoms with Gasteiger partial charge in [-0.3, -0.25) is 4.90 Å². The van der Waals surface area contributed by atoms with E-state index in [0.29, 0.717) is 0 Å². The van der Waals surface area contributed by atoms with Crippen LogP contribution in [0.5, 0.6) is 0 Å². The van der Waals surface area contributed by atoms with Gasteiger partial charge in [0.2, 0.25) is 0 Å². The van der Waals surface area contributed by atoms with Gasteiger partial charge in [-0.1, -0.05) is 19.8 Å². The van der Waals surface area contributed by atoms with E-state index in [9.17, 15) is 0 Å². The molecule has 0 saturated carbocycles. The molecule has 0 bridgehead atoms. The first-order valence-electron chi connectivity index (χ1n) is 6.44. The molecule has 0 spiro atoms. The second kappa shape index (κ2) is 8.08. The van der Waals surface area contributed by atoms with Gasteiger partial charge in [-0.05, 0) is 20.0 Å². The molecule has 0 amide bonds. The predicted octanol–water partition coefficient (Wildman–Crippen LogP) is 1.01. The van der Waals surface area contributed by atoms with Crippen molar-refractivity contribution in [2.45, 2.75) is 26.2 Å². The molecule has 0 atom stereocenters. The van der Waals surface area contributed by atoms with Crippen LogP contribution in [0.3, 0.4) is 0 Å². The molecule has 15 heavy (non-hydrogen) atoms. The summed E-state index contributed by atoms with van der Waals surface area (Å²) in [6.45, 7) is 10.8. The standard InChI is InChI=1S/C12H27N3/c1-3-4-5-6-13-7-8-15-11-9-14(2)10-12-15/h13H,3-12H2,1-2H3. The Bertz CT molecular complexity index is 142. The SMILES string of the molecule is CCCCCNCCN1CCN(C)CC1. The molecule has 3 heteroatoms. The highest BCUT2D eigenvalue weighted by Crippen LogP contribution is 1.97. The highest BCUT2D eigenvalue weighted by molar-refractivity contribution is 4.69. The van der Waals surface area contributed by atoms with E-state index < -0.39 is 0 Å². The van der Waals surface area contributed by atoms with Gasteiger partial charge in [0.05, 0.1) is 0 Å². The quantitative estimate of drug-likeness (QED) is 0.637. The van der Waals surface area contributed by atoms with E-state index in [1.54, 1.807) is 0 Å². The summed E-state index contributed by atoms with van der Waals surface area (Å²) in [5.41, 5.74) is 0. The van der Waals surface area contributed by atoms with Crippen LogP contribution in [0.15, 0.2) is 0 Å². The Kier molecular flexibility index (Phi) is 6.98. The molecule has 1 heterocycles. The molecular formula is C12H27N3. The van der Waals surface area contributed by atoms with E-state index in [4.69, 9.17) is 0 Å². The molecule has 90 valence electrons. The van der Waals surface area contributed by atoms with Gasteiger partial charge in [-0.25, -0.2) is 0 Å². The van der Waals surface area contributed by atoms with Crippen molar-refractivity contribution in [1.82, 2.24) is 15.1 Å². The van der Waals surface area contributed by atoms with Crippen molar-refractivity contribution in [2.24, 2.45) is 0 Å². The number of nitrogens with one attached hydrogen (secondary N) is 1. The molecular weight excluding hydrogens is 186 g/mol. The molecule has 3 nitrogen and oxygen atoms in total. The van der Waals surface area contributed by atoms with Gasteiger partial charge in [-0.15, -0.1) is 0 Å². The van der Waals surface area contributed by atoms with E-state index >= 15 is 0 Å². The predicted molar refractivity (Wildman–Crippen MR) is 66.3 cm³/mol. The zero-order chi connectivity index (χ0) is 10.9. The minimum absolute atomic E-state index is 1.16. The first-order valence-corrected chi connectivity index (χ1v) is 6.44. The lowest BCUT2D eigenvalue weighted by Gasteiger charge is -2.32. The fourth-order valence-corrected chi connectivity index (χ4v) is 1.93. The summed E-state index contributed by atoms with van der Waals surface area (Å²) >= 11 is 0. The summed E-state index contributed by atoms with van der Waals surface area (Å²) in [6, 6.07) is 0. The molecule has 0 aromatic carbocycles. The fourth-order valence-electron chi connectivity index (χ4n) is 1.93. The van der Waals surface area contributed by atoms with Crippen LogP contribution in [-0.4, -0.2) is 62.7 Å². The second-order valence-corrected chi connectivity index (χ2v) is 4.60. The number of piperazine rings is 1. The van der Waals surface area contributed by atoms with Crippen LogP contribution in [0.2, 0.25) is 0 Å². The fraction of sp³-hybridized carbons (Fsp3) is 1.00. The summed E-state index contributed by atoms with van der Waals surface area (Å²) in [4.78, 5) is 4.97. The first kappa shape index (κ1) is 12.9. The maximum Gasteiger partial charge on any atom is 0.0110 e. The van der Waals surface area contributed by atoms with E-state index in [0.717, 1.165) is 6.54 Å². The van der Waals surface area contributed by atoms with E-state index in [-0.39, 0.29) is 0 Å². The topological polar surface area (TPSA) is 18.5 Å². The average Bonchev–Trinajstić information content (AvgIpc) is 2.26. The Morgan fingerprint density at radius 3 is 2.40 bits per heavy atom. The highest BCUT2D eigenvalue weighted by atomic mass is 15.2. The number of hydrogen-bond donors (Lipinski definition) is 1. The summed E-state index contributed by atoms with van der Waals surface area (Å²) < 4.78 is 0. The van der Waals surface area contributed by atoms with Crippen LogP contribution < -0.4 is 5.32 Å². The van der Waals surface area contributed by atoms with E-state index in [2.05, 4.69) is 29.1 Å². The van der Waals surface area contributed by atoms with Gasteiger partial charge >= 0.3 is 0 Å². The smallest absolute Gasteiger partial charge is 0.0110 e. The van der Waals surface area contributed by atoms with Gasteiger partial charge in [0.25, 0.3) is 0 Å². The summed E-state index contributed by atoms with van der Waals surface area (Å²) in [5.74, 6) is 0. The Morgan fingerprint density at radius 1 is 1.00 bits per heavy atom. The monoisotopic (exact) mass is 213 g/mol. The molecule has 1 aliphatic rings. The molecule has 0 unspecified atom stereocenters. The molecule has 1 saturated heterocycles. The molecule has 0 aliphatic carbocycles. The third-order valence-electron chi connectivity index (χ3n) is 3.16. The van der Waals surface area contributed by atoms with Gasteiger partial charge < -0.3 is 10.2 Å². The lowest BCUT2D eigenvalue weighted by atomic mass is 10.2. The number of rotatable bonds is 7. The number of likely N-dealkylation sites (N-methyl/N-ethyl adjacent to an activating group) is 1. The minimum Gasteiger partial charge on any atom is -0.315 e. The lowest BCUT2D eigenvalue weighted by Crippen LogP contribution is -2.46. The van der Waals surface area contributed by atoms with E-state index in [1.165, 1.54) is 58.5 Å². The second-order valence-electron chi connectivity index (χ2n) is 4.60. The third-order valence-corrected chi connectivity index (χ3v) is 3.16. The van der Waals surface area contributed by atoms with Crippen LogP contribution in [-0.2, 0) is 0 Å². The molecule has 0 radical (unpaired) electrons. The van der Waals surface area contributed by atoms with Crippen molar-refractivity contribution in [3.8, 4) is 0 Å². The molecule has 1 aliphatic heterocycles. The van der Waals surface area contributed by atoms with Crippen LogP contribution in [0.1, 0.15) is 26.2 Å². The van der Waals surface area contributed by atoms with Crippen molar-refractivity contribution in [1.29, 1.82) is 0 Å². The Labute approximate surface area is 94.8 Å². The van der Waals surface area contributed by atoms with Gasteiger partial charge in [0.1, 0.15) is 0 Å². The molecule has 1 N–H and O–H groups in total. The Hall–Kier alpha value is -0.120. The van der Waals surface area contributed by atoms with Crippen molar-refractivity contribution >= 4 is 0 Å². The zero-order valence-corrected chi connectivity index (χ0v) is 10.5. The lowest BCUT2D eigenvalue weighted by molar-refractivity contribution is 0.155. The number of hydrogen-bond acceptors (Lipinski definition) is 3. The zero-order valence-electron chi connectivity index (χ0n) is 10.5. The largest absolute Gasteiger partial charge is 0.315 e. The number of unbranched alkanes of at least 4 members (excludes halogenated alkanes) is 2. The third kappa shape index (κ3) is 6.13. The van der Waals surface area contributed by atoms with Crippen LogP contribution in [0.25, 0.3) is 0 Å². The van der Waals surface area contributed by atoms with Crippen LogP contribution in [0.4, 0.5) is 0 Å². The molecule has 0 aromatic rings. The van der Waals surface area contributed by atoms with Crippen molar-refractivity contribution in [2.75, 3.05) is 52.9 Å². The summed E-state index contributed by atoms with van der Waals surface area (Å²) in [5, 5.41) is 3.52. The Balaban J connectivity index is 1.87. The van der Waals surface area contributed by atoms with Crippen molar-refractivity contribution in [3.63, 3.8) is 0 Å². The summed E-state index contributed by atoms with van der Waals surface area (Å²) in [6.07, 6.45) is 4.01. The highest BCUT2D eigenvalue weighted by Gasteiger charge is 2.12. The van der Waals surface area contributed by atoms with Crippen molar-refractivity contribution < 1.29 is 0 Å². The van der Waals surface area contributed by atoms with Gasteiger partial charge in [0, 0.05) is 39.3 Å². The van der Waals surface area contributed by atoms with Crippen LogP contribution in [0, 0.1) is 0 Å². The van der Waals surface area contributed by atoms with Crippen LogP contribution >= 0.6 is 0 Å². The Morgan fingerprint density at radius 2 is 1.73 bits per heavy atom. The average molecular weight is 213 g/mol. The molecule has 0 aromatic heterocycles. The normalized spacial score (nSPS) is 19.6. The first-order chi connectivity index (χ1) is 7.33. The number of nitrogens with zero attached hydrogens (tertiary/aromatic N) is 2.